The largest absolute Gasteiger partial charge is 0.484 e. The number of sulfonamides is 1. The predicted molar refractivity (Wildman–Crippen MR) is 123 cm³/mol. The normalized spacial score (nSPS) is 11.1. The quantitative estimate of drug-likeness (QED) is 0.516. The predicted octanol–water partition coefficient (Wildman–Crippen LogP) is 5.08. The van der Waals surface area contributed by atoms with E-state index in [1.165, 1.54) is 24.3 Å². The summed E-state index contributed by atoms with van der Waals surface area (Å²) in [6, 6.07) is 16.6. The van der Waals surface area contributed by atoms with Crippen LogP contribution in [0.15, 0.2) is 65.6 Å². The zero-order chi connectivity index (χ0) is 22.6. The highest BCUT2D eigenvalue weighted by Crippen LogP contribution is 2.26. The highest BCUT2D eigenvalue weighted by molar-refractivity contribution is 7.92. The smallest absolute Gasteiger partial charge is 0.262 e. The van der Waals surface area contributed by atoms with E-state index in [0.29, 0.717) is 22.1 Å². The van der Waals surface area contributed by atoms with Crippen LogP contribution in [0, 0.1) is 20.8 Å². The van der Waals surface area contributed by atoms with Gasteiger partial charge in [0.1, 0.15) is 5.75 Å². The zero-order valence-corrected chi connectivity index (χ0v) is 19.0. The van der Waals surface area contributed by atoms with Gasteiger partial charge >= 0.3 is 0 Å². The summed E-state index contributed by atoms with van der Waals surface area (Å²) in [6.45, 7) is 5.37. The van der Waals surface area contributed by atoms with E-state index in [1.54, 1.807) is 24.3 Å². The molecule has 0 spiro atoms. The maximum Gasteiger partial charge on any atom is 0.262 e. The molecule has 31 heavy (non-hydrogen) atoms. The topological polar surface area (TPSA) is 84.5 Å². The average molecular weight is 459 g/mol. The van der Waals surface area contributed by atoms with Crippen molar-refractivity contribution in [3.05, 3.63) is 82.4 Å². The third kappa shape index (κ3) is 5.77. The highest BCUT2D eigenvalue weighted by atomic mass is 35.5. The van der Waals surface area contributed by atoms with E-state index >= 15 is 0 Å². The Morgan fingerprint density at radius 1 is 0.935 bits per heavy atom. The number of anilines is 2. The van der Waals surface area contributed by atoms with E-state index in [2.05, 4.69) is 10.0 Å². The molecule has 0 bridgehead atoms. The molecule has 2 N–H and O–H groups in total. The van der Waals surface area contributed by atoms with Gasteiger partial charge in [-0.05, 0) is 79.9 Å². The molecule has 0 heterocycles. The summed E-state index contributed by atoms with van der Waals surface area (Å²) in [6.07, 6.45) is 0. The zero-order valence-electron chi connectivity index (χ0n) is 17.4. The van der Waals surface area contributed by atoms with Crippen LogP contribution in [0.4, 0.5) is 11.4 Å². The minimum Gasteiger partial charge on any atom is -0.484 e. The van der Waals surface area contributed by atoms with Crippen LogP contribution in [-0.2, 0) is 14.8 Å². The summed E-state index contributed by atoms with van der Waals surface area (Å²) < 4.78 is 33.3. The molecular formula is C23H23ClN2O4S. The number of halogens is 1. The summed E-state index contributed by atoms with van der Waals surface area (Å²) in [5, 5.41) is 3.36. The van der Waals surface area contributed by atoms with Gasteiger partial charge in [0.2, 0.25) is 0 Å². The van der Waals surface area contributed by atoms with Crippen LogP contribution < -0.4 is 14.8 Å². The molecule has 0 aliphatic rings. The highest BCUT2D eigenvalue weighted by Gasteiger charge is 2.15. The SMILES string of the molecule is Cc1ccccc1NS(=O)(=O)c1ccc(NC(=O)COc2cc(C)c(Cl)c(C)c2)cc1. The summed E-state index contributed by atoms with van der Waals surface area (Å²) in [7, 11) is -3.74. The number of carbonyl (C=O) groups is 1. The third-order valence-corrected chi connectivity index (χ3v) is 6.60. The van der Waals surface area contributed by atoms with Crippen LogP contribution >= 0.6 is 11.6 Å². The van der Waals surface area contributed by atoms with E-state index in [9.17, 15) is 13.2 Å². The minimum atomic E-state index is -3.74. The molecule has 0 saturated heterocycles. The standard InChI is InChI=1S/C23H23ClN2O4S/c1-15-6-4-5-7-21(15)26-31(28,29)20-10-8-18(9-11-20)25-22(27)14-30-19-12-16(2)23(24)17(3)13-19/h4-13,26H,14H2,1-3H3,(H,25,27). The van der Waals surface area contributed by atoms with Crippen LogP contribution in [0.5, 0.6) is 5.75 Å². The number of hydrogen-bond acceptors (Lipinski definition) is 4. The van der Waals surface area contributed by atoms with Crippen molar-refractivity contribution < 1.29 is 17.9 Å². The lowest BCUT2D eigenvalue weighted by molar-refractivity contribution is -0.118. The van der Waals surface area contributed by atoms with E-state index < -0.39 is 10.0 Å². The van der Waals surface area contributed by atoms with Crippen molar-refractivity contribution in [2.45, 2.75) is 25.7 Å². The number of nitrogens with one attached hydrogen (secondary N) is 2. The van der Waals surface area contributed by atoms with Crippen LogP contribution in [0.1, 0.15) is 16.7 Å². The number of carbonyl (C=O) groups excluding carboxylic acids is 1. The van der Waals surface area contributed by atoms with E-state index in [4.69, 9.17) is 16.3 Å². The fourth-order valence-corrected chi connectivity index (χ4v) is 4.18. The van der Waals surface area contributed by atoms with E-state index in [0.717, 1.165) is 16.7 Å². The van der Waals surface area contributed by atoms with Crippen molar-refractivity contribution >= 4 is 38.9 Å². The molecule has 3 rings (SSSR count). The Morgan fingerprint density at radius 2 is 1.55 bits per heavy atom. The van der Waals surface area contributed by atoms with Crippen molar-refractivity contribution in [1.29, 1.82) is 0 Å². The van der Waals surface area contributed by atoms with Crippen molar-refractivity contribution in [3.63, 3.8) is 0 Å². The molecule has 0 aromatic heterocycles. The van der Waals surface area contributed by atoms with E-state index in [-0.39, 0.29) is 17.4 Å². The lowest BCUT2D eigenvalue weighted by atomic mass is 10.1. The second-order valence-electron chi connectivity index (χ2n) is 7.15. The molecule has 3 aromatic carbocycles. The summed E-state index contributed by atoms with van der Waals surface area (Å²) >= 11 is 6.14. The Balaban J connectivity index is 1.61. The van der Waals surface area contributed by atoms with Crippen molar-refractivity contribution in [2.24, 2.45) is 0 Å². The van der Waals surface area contributed by atoms with Gasteiger partial charge in [0.15, 0.2) is 6.61 Å². The molecular weight excluding hydrogens is 436 g/mol. The number of para-hydroxylation sites is 1. The minimum absolute atomic E-state index is 0.0946. The second-order valence-corrected chi connectivity index (χ2v) is 9.21. The van der Waals surface area contributed by atoms with Gasteiger partial charge in [0.05, 0.1) is 10.6 Å². The van der Waals surface area contributed by atoms with Crippen molar-refractivity contribution in [2.75, 3.05) is 16.6 Å². The maximum atomic E-state index is 12.6. The number of hydrogen-bond donors (Lipinski definition) is 2. The molecule has 6 nitrogen and oxygen atoms in total. The fourth-order valence-electron chi connectivity index (χ4n) is 2.94. The first kappa shape index (κ1) is 22.7. The van der Waals surface area contributed by atoms with Gasteiger partial charge in [-0.15, -0.1) is 0 Å². The molecule has 0 atom stereocenters. The molecule has 0 aliphatic heterocycles. The van der Waals surface area contributed by atoms with Gasteiger partial charge in [-0.25, -0.2) is 8.42 Å². The van der Waals surface area contributed by atoms with Gasteiger partial charge in [-0.3, -0.25) is 9.52 Å². The van der Waals surface area contributed by atoms with Crippen LogP contribution in [0.3, 0.4) is 0 Å². The number of rotatable bonds is 7. The van der Waals surface area contributed by atoms with E-state index in [1.807, 2.05) is 32.9 Å². The summed E-state index contributed by atoms with van der Waals surface area (Å²) in [5.41, 5.74) is 3.54. The molecule has 8 heteroatoms. The molecule has 0 fully saturated rings. The number of ether oxygens (including phenoxy) is 1. The van der Waals surface area contributed by atoms with Crippen molar-refractivity contribution in [1.82, 2.24) is 0 Å². The number of aryl methyl sites for hydroxylation is 3. The number of amides is 1. The Morgan fingerprint density at radius 3 is 2.16 bits per heavy atom. The first-order valence-electron chi connectivity index (χ1n) is 9.53. The lowest BCUT2D eigenvalue weighted by Gasteiger charge is -2.12. The van der Waals surface area contributed by atoms with Crippen LogP contribution in [0.2, 0.25) is 5.02 Å². The first-order valence-corrected chi connectivity index (χ1v) is 11.4. The summed E-state index contributed by atoms with van der Waals surface area (Å²) in [5.74, 6) is 0.192. The van der Waals surface area contributed by atoms with Crippen molar-refractivity contribution in [3.8, 4) is 5.75 Å². The van der Waals surface area contributed by atoms with Gasteiger partial charge in [0.25, 0.3) is 15.9 Å². The lowest BCUT2D eigenvalue weighted by Crippen LogP contribution is -2.20. The molecule has 0 aliphatic carbocycles. The Bertz CT molecular complexity index is 1190. The van der Waals surface area contributed by atoms with Gasteiger partial charge < -0.3 is 10.1 Å². The Hall–Kier alpha value is -3.03. The maximum absolute atomic E-state index is 12.6. The van der Waals surface area contributed by atoms with Crippen LogP contribution in [-0.4, -0.2) is 20.9 Å². The molecule has 3 aromatic rings. The van der Waals surface area contributed by atoms with Gasteiger partial charge in [0, 0.05) is 10.7 Å². The fraction of sp³-hybridized carbons (Fsp3) is 0.174. The summed E-state index contributed by atoms with van der Waals surface area (Å²) in [4.78, 5) is 12.3. The second kappa shape index (κ2) is 9.41. The Kier molecular flexibility index (Phi) is 6.87. The average Bonchev–Trinajstić information content (AvgIpc) is 2.72. The Labute approximate surface area is 187 Å². The monoisotopic (exact) mass is 458 g/mol. The number of benzene rings is 3. The van der Waals surface area contributed by atoms with Gasteiger partial charge in [-0.1, -0.05) is 29.8 Å². The van der Waals surface area contributed by atoms with Crippen LogP contribution in [0.25, 0.3) is 0 Å². The third-order valence-electron chi connectivity index (χ3n) is 4.62. The molecule has 0 saturated carbocycles. The molecule has 0 radical (unpaired) electrons. The molecule has 162 valence electrons. The molecule has 0 unspecified atom stereocenters. The first-order chi connectivity index (χ1) is 14.7. The molecule has 1 amide bonds. The van der Waals surface area contributed by atoms with Gasteiger partial charge in [-0.2, -0.15) is 0 Å².